The molecule has 1 aromatic rings. The minimum atomic E-state index is -4.68. The van der Waals surface area contributed by atoms with Crippen LogP contribution in [0.2, 0.25) is 0 Å². The van der Waals surface area contributed by atoms with Gasteiger partial charge in [-0.15, -0.1) is 6.58 Å². The van der Waals surface area contributed by atoms with Gasteiger partial charge >= 0.3 is 6.18 Å². The van der Waals surface area contributed by atoms with Crippen LogP contribution in [-0.2, 0) is 4.74 Å². The predicted octanol–water partition coefficient (Wildman–Crippen LogP) is 2.82. The van der Waals surface area contributed by atoms with Gasteiger partial charge in [-0.05, 0) is 0 Å². The maximum atomic E-state index is 12.7. The van der Waals surface area contributed by atoms with Crippen LogP contribution in [0.1, 0.15) is 10.4 Å². The number of nitro groups is 1. The second-order valence-corrected chi connectivity index (χ2v) is 5.21. The van der Waals surface area contributed by atoms with Gasteiger partial charge in [0.2, 0.25) is 0 Å². The standard InChI is InChI=1S/C16H19F3N2O6/c1-4-5-20(10-16(17,18)19)15(22)11-8-13(26-3)14(27-7-6-25-2)9-12(11)21(23)24/h4,8-9H,1,5-7,10H2,2-3H3. The van der Waals surface area contributed by atoms with Crippen LogP contribution in [0.5, 0.6) is 11.5 Å². The van der Waals surface area contributed by atoms with Crippen LogP contribution in [0, 0.1) is 10.1 Å². The Bertz CT molecular complexity index is 693. The predicted molar refractivity (Wildman–Crippen MR) is 89.2 cm³/mol. The van der Waals surface area contributed by atoms with E-state index in [2.05, 4.69) is 6.58 Å². The molecule has 1 amide bonds. The minimum absolute atomic E-state index is 0.0365. The van der Waals surface area contributed by atoms with Gasteiger partial charge in [0.1, 0.15) is 18.7 Å². The first-order valence-corrected chi connectivity index (χ1v) is 7.59. The van der Waals surface area contributed by atoms with Crippen LogP contribution in [0.4, 0.5) is 18.9 Å². The minimum Gasteiger partial charge on any atom is -0.493 e. The number of amides is 1. The van der Waals surface area contributed by atoms with Crippen molar-refractivity contribution in [2.24, 2.45) is 0 Å². The van der Waals surface area contributed by atoms with Gasteiger partial charge in [0.05, 0.1) is 24.7 Å². The molecule has 0 aliphatic heterocycles. The van der Waals surface area contributed by atoms with Crippen molar-refractivity contribution < 1.29 is 37.1 Å². The fourth-order valence-electron chi connectivity index (χ4n) is 2.14. The third-order valence-electron chi connectivity index (χ3n) is 3.26. The van der Waals surface area contributed by atoms with Crippen LogP contribution in [0.15, 0.2) is 24.8 Å². The molecule has 8 nitrogen and oxygen atoms in total. The molecule has 0 N–H and O–H groups in total. The number of benzene rings is 1. The Morgan fingerprint density at radius 1 is 1.30 bits per heavy atom. The van der Waals surface area contributed by atoms with Crippen LogP contribution in [0.3, 0.4) is 0 Å². The zero-order chi connectivity index (χ0) is 20.6. The van der Waals surface area contributed by atoms with Crippen molar-refractivity contribution in [2.45, 2.75) is 6.18 Å². The summed E-state index contributed by atoms with van der Waals surface area (Å²) in [4.78, 5) is 23.4. The van der Waals surface area contributed by atoms with Crippen molar-refractivity contribution in [3.8, 4) is 11.5 Å². The van der Waals surface area contributed by atoms with E-state index in [1.165, 1.54) is 14.2 Å². The Morgan fingerprint density at radius 3 is 2.44 bits per heavy atom. The molecule has 0 aliphatic carbocycles. The summed E-state index contributed by atoms with van der Waals surface area (Å²) in [6.45, 7) is 1.52. The summed E-state index contributed by atoms with van der Waals surface area (Å²) < 4.78 is 53.3. The highest BCUT2D eigenvalue weighted by atomic mass is 19.4. The number of rotatable bonds is 10. The first-order chi connectivity index (χ1) is 12.6. The molecule has 0 unspecified atom stereocenters. The van der Waals surface area contributed by atoms with Crippen molar-refractivity contribution in [1.82, 2.24) is 4.90 Å². The second-order valence-electron chi connectivity index (χ2n) is 5.21. The smallest absolute Gasteiger partial charge is 0.406 e. The summed E-state index contributed by atoms with van der Waals surface area (Å²) in [6, 6.07) is 1.91. The lowest BCUT2D eigenvalue weighted by Crippen LogP contribution is -2.39. The van der Waals surface area contributed by atoms with E-state index < -0.39 is 41.3 Å². The van der Waals surface area contributed by atoms with Gasteiger partial charge in [0.25, 0.3) is 11.6 Å². The van der Waals surface area contributed by atoms with Crippen LogP contribution < -0.4 is 9.47 Å². The highest BCUT2D eigenvalue weighted by molar-refractivity contribution is 5.99. The molecule has 0 aromatic heterocycles. The summed E-state index contributed by atoms with van der Waals surface area (Å²) in [5.41, 5.74) is -1.26. The molecule has 0 spiro atoms. The number of nitrogens with zero attached hydrogens (tertiary/aromatic N) is 2. The number of nitro benzene ring substituents is 1. The highest BCUT2D eigenvalue weighted by Crippen LogP contribution is 2.35. The van der Waals surface area contributed by atoms with Crippen LogP contribution in [-0.4, -0.2) is 62.4 Å². The maximum Gasteiger partial charge on any atom is 0.406 e. The van der Waals surface area contributed by atoms with E-state index in [1.807, 2.05) is 0 Å². The first kappa shape index (κ1) is 22.2. The van der Waals surface area contributed by atoms with Gasteiger partial charge in [-0.2, -0.15) is 13.2 Å². The molecule has 1 rings (SSSR count). The molecule has 0 fully saturated rings. The van der Waals surface area contributed by atoms with Gasteiger partial charge in [-0.25, -0.2) is 0 Å². The average Bonchev–Trinajstić information content (AvgIpc) is 2.59. The molecule has 0 aliphatic rings. The van der Waals surface area contributed by atoms with E-state index in [1.54, 1.807) is 0 Å². The monoisotopic (exact) mass is 392 g/mol. The largest absolute Gasteiger partial charge is 0.493 e. The summed E-state index contributed by atoms with van der Waals surface area (Å²) in [5, 5.41) is 11.3. The molecule has 0 saturated carbocycles. The number of alkyl halides is 3. The van der Waals surface area contributed by atoms with E-state index in [9.17, 15) is 28.1 Å². The summed E-state index contributed by atoms with van der Waals surface area (Å²) in [5.74, 6) is -1.25. The molecular weight excluding hydrogens is 373 g/mol. The Hall–Kier alpha value is -2.82. The van der Waals surface area contributed by atoms with E-state index >= 15 is 0 Å². The Labute approximate surface area is 153 Å². The molecule has 1 aromatic carbocycles. The van der Waals surface area contributed by atoms with Crippen molar-refractivity contribution >= 4 is 11.6 Å². The fourth-order valence-corrected chi connectivity index (χ4v) is 2.14. The Balaban J connectivity index is 3.35. The van der Waals surface area contributed by atoms with Crippen molar-refractivity contribution in [2.75, 3.05) is 40.5 Å². The molecule has 27 heavy (non-hydrogen) atoms. The normalized spacial score (nSPS) is 11.0. The fraction of sp³-hybridized carbons (Fsp3) is 0.438. The maximum absolute atomic E-state index is 12.7. The summed E-state index contributed by atoms with van der Waals surface area (Å²) in [7, 11) is 2.66. The average molecular weight is 392 g/mol. The zero-order valence-electron chi connectivity index (χ0n) is 14.7. The second kappa shape index (κ2) is 9.76. The van der Waals surface area contributed by atoms with Crippen LogP contribution in [0.25, 0.3) is 0 Å². The van der Waals surface area contributed by atoms with Crippen molar-refractivity contribution in [3.63, 3.8) is 0 Å². The molecule has 0 atom stereocenters. The Kier molecular flexibility index (Phi) is 8.03. The van der Waals surface area contributed by atoms with Gasteiger partial charge < -0.3 is 19.1 Å². The molecule has 0 heterocycles. The number of carbonyl (C=O) groups is 1. The molecule has 0 radical (unpaired) electrons. The van der Waals surface area contributed by atoms with E-state index in [0.717, 1.165) is 18.2 Å². The third-order valence-corrected chi connectivity index (χ3v) is 3.26. The number of hydrogen-bond acceptors (Lipinski definition) is 6. The number of methoxy groups -OCH3 is 2. The summed E-state index contributed by atoms with van der Waals surface area (Å²) in [6.07, 6.45) is -3.59. The lowest BCUT2D eigenvalue weighted by atomic mass is 10.1. The highest BCUT2D eigenvalue weighted by Gasteiger charge is 2.35. The molecule has 150 valence electrons. The number of halogens is 3. The number of hydrogen-bond donors (Lipinski definition) is 0. The number of carbonyl (C=O) groups excluding carboxylic acids is 1. The van der Waals surface area contributed by atoms with E-state index in [0.29, 0.717) is 4.90 Å². The van der Waals surface area contributed by atoms with E-state index in [-0.39, 0.29) is 24.7 Å². The zero-order valence-corrected chi connectivity index (χ0v) is 14.7. The number of ether oxygens (including phenoxy) is 3. The van der Waals surface area contributed by atoms with Crippen molar-refractivity contribution in [3.05, 3.63) is 40.5 Å². The summed E-state index contributed by atoms with van der Waals surface area (Å²) >= 11 is 0. The van der Waals surface area contributed by atoms with Crippen molar-refractivity contribution in [1.29, 1.82) is 0 Å². The third kappa shape index (κ3) is 6.44. The van der Waals surface area contributed by atoms with Gasteiger partial charge in [-0.1, -0.05) is 6.08 Å². The molecule has 11 heteroatoms. The molecule has 0 saturated heterocycles. The molecular formula is C16H19F3N2O6. The van der Waals surface area contributed by atoms with Gasteiger partial charge in [0, 0.05) is 19.7 Å². The van der Waals surface area contributed by atoms with Gasteiger partial charge in [-0.3, -0.25) is 14.9 Å². The van der Waals surface area contributed by atoms with Gasteiger partial charge in [0.15, 0.2) is 11.5 Å². The lowest BCUT2D eigenvalue weighted by molar-refractivity contribution is -0.385. The quantitative estimate of drug-likeness (QED) is 0.263. The van der Waals surface area contributed by atoms with E-state index in [4.69, 9.17) is 14.2 Å². The Morgan fingerprint density at radius 2 is 1.96 bits per heavy atom. The topological polar surface area (TPSA) is 91.1 Å². The van der Waals surface area contributed by atoms with Crippen LogP contribution >= 0.6 is 0 Å². The molecule has 0 bridgehead atoms. The SMILES string of the molecule is C=CCN(CC(F)(F)F)C(=O)c1cc(OC)c(OCCOC)cc1[N+](=O)[O-]. The lowest BCUT2D eigenvalue weighted by Gasteiger charge is -2.23. The first-order valence-electron chi connectivity index (χ1n) is 7.59.